The highest BCUT2D eigenvalue weighted by atomic mass is 35.5. The van der Waals surface area contributed by atoms with Crippen LogP contribution in [0.25, 0.3) is 10.9 Å². The Balaban J connectivity index is 1.72. The summed E-state index contributed by atoms with van der Waals surface area (Å²) in [5.41, 5.74) is 4.61. The Labute approximate surface area is 157 Å². The van der Waals surface area contributed by atoms with Crippen LogP contribution in [0.2, 0.25) is 5.02 Å². The molecule has 2 bridgehead atoms. The number of fused-ring (bicyclic) bond motifs is 6. The van der Waals surface area contributed by atoms with Crippen molar-refractivity contribution in [2.45, 2.75) is 31.3 Å². The van der Waals surface area contributed by atoms with Gasteiger partial charge in [0, 0.05) is 46.2 Å². The van der Waals surface area contributed by atoms with Crippen LogP contribution in [0.15, 0.2) is 42.5 Å². The first-order valence-electron chi connectivity index (χ1n) is 8.94. The Kier molecular flexibility index (Phi) is 3.60. The zero-order valence-electron chi connectivity index (χ0n) is 14.5. The minimum atomic E-state index is -0.242. The van der Waals surface area contributed by atoms with Crippen LogP contribution in [0.5, 0.6) is 0 Å². The molecule has 3 aromatic rings. The van der Waals surface area contributed by atoms with Crippen LogP contribution in [-0.2, 0) is 6.42 Å². The van der Waals surface area contributed by atoms with E-state index in [1.165, 1.54) is 41.6 Å². The Morgan fingerprint density at radius 2 is 1.92 bits per heavy atom. The minimum absolute atomic E-state index is 0.242. The van der Waals surface area contributed by atoms with Gasteiger partial charge in [0.25, 0.3) is 0 Å². The van der Waals surface area contributed by atoms with E-state index in [0.29, 0.717) is 12.1 Å². The Hall–Kier alpha value is -2.28. The fourth-order valence-corrected chi connectivity index (χ4v) is 4.70. The molecule has 130 valence electrons. The second-order valence-electron chi connectivity index (χ2n) is 7.22. The molecule has 2 nitrogen and oxygen atoms in total. The summed E-state index contributed by atoms with van der Waals surface area (Å²) in [6, 6.07) is 16.7. The number of benzene rings is 2. The molecule has 0 saturated carbocycles. The van der Waals surface area contributed by atoms with Crippen molar-refractivity contribution in [1.82, 2.24) is 9.47 Å². The van der Waals surface area contributed by atoms with Crippen LogP contribution in [0, 0.1) is 17.8 Å². The molecule has 0 radical (unpaired) electrons. The molecular weight excluding hydrogens is 347 g/mol. The fourth-order valence-electron chi connectivity index (χ4n) is 4.52. The van der Waals surface area contributed by atoms with Gasteiger partial charge < -0.3 is 0 Å². The van der Waals surface area contributed by atoms with Crippen molar-refractivity contribution in [1.29, 1.82) is 0 Å². The highest BCUT2D eigenvalue weighted by molar-refractivity contribution is 6.31. The lowest BCUT2D eigenvalue weighted by Crippen LogP contribution is -2.34. The van der Waals surface area contributed by atoms with E-state index in [-0.39, 0.29) is 5.82 Å². The van der Waals surface area contributed by atoms with Crippen molar-refractivity contribution in [3.8, 4) is 12.0 Å². The first kappa shape index (κ1) is 15.9. The topological polar surface area (TPSA) is 8.17 Å². The first-order chi connectivity index (χ1) is 12.6. The smallest absolute Gasteiger partial charge is 0.123 e. The molecule has 0 aliphatic carbocycles. The second-order valence-corrected chi connectivity index (χ2v) is 7.65. The van der Waals surface area contributed by atoms with E-state index < -0.39 is 0 Å². The molecule has 3 heterocycles. The Morgan fingerprint density at radius 3 is 2.73 bits per heavy atom. The molecule has 1 aromatic heterocycles. The molecule has 0 amide bonds. The number of hydrogen-bond donors (Lipinski definition) is 0. The molecule has 5 rings (SSSR count). The van der Waals surface area contributed by atoms with Gasteiger partial charge >= 0.3 is 0 Å². The van der Waals surface area contributed by atoms with Crippen LogP contribution in [0.1, 0.15) is 35.7 Å². The number of hydrogen-bond acceptors (Lipinski definition) is 1. The van der Waals surface area contributed by atoms with Crippen molar-refractivity contribution in [2.24, 2.45) is 0 Å². The largest absolute Gasteiger partial charge is 0.296 e. The van der Waals surface area contributed by atoms with Gasteiger partial charge in [-0.1, -0.05) is 11.6 Å². The Bertz CT molecular complexity index is 1070. The van der Waals surface area contributed by atoms with Crippen LogP contribution < -0.4 is 0 Å². The van der Waals surface area contributed by atoms with E-state index in [0.717, 1.165) is 22.5 Å². The molecule has 26 heavy (non-hydrogen) atoms. The normalized spacial score (nSPS) is 21.5. The molecule has 2 aliphatic heterocycles. The summed E-state index contributed by atoms with van der Waals surface area (Å²) in [6.07, 6.45) is 3.42. The standard InChI is InChI=1S/C22H18ClFN2/c1-25-17-7-9-20(25)22-18-12-15(23)4-8-19(18)26(21(22)13-17)11-10-14-2-5-16(24)6-3-14/h2-6,8,12,17,20H,7,9,13H2,1H3. The van der Waals surface area contributed by atoms with Crippen molar-refractivity contribution < 1.29 is 4.39 Å². The third-order valence-electron chi connectivity index (χ3n) is 5.83. The summed E-state index contributed by atoms with van der Waals surface area (Å²) in [5.74, 6) is 2.95. The molecule has 0 spiro atoms. The van der Waals surface area contributed by atoms with E-state index in [1.807, 2.05) is 6.07 Å². The van der Waals surface area contributed by atoms with Gasteiger partial charge in [0.15, 0.2) is 0 Å². The quantitative estimate of drug-likeness (QED) is 0.510. The molecule has 2 aromatic carbocycles. The van der Waals surface area contributed by atoms with Crippen molar-refractivity contribution in [3.63, 3.8) is 0 Å². The van der Waals surface area contributed by atoms with Crippen LogP contribution in [0.3, 0.4) is 0 Å². The second kappa shape index (κ2) is 5.87. The summed E-state index contributed by atoms with van der Waals surface area (Å²) in [6.45, 7) is 0. The van der Waals surface area contributed by atoms with Crippen molar-refractivity contribution in [2.75, 3.05) is 7.05 Å². The van der Waals surface area contributed by atoms with Gasteiger partial charge in [-0.25, -0.2) is 4.39 Å². The van der Waals surface area contributed by atoms with Crippen LogP contribution in [0.4, 0.5) is 4.39 Å². The van der Waals surface area contributed by atoms with E-state index in [2.05, 4.69) is 40.6 Å². The summed E-state index contributed by atoms with van der Waals surface area (Å²) in [5, 5.41) is 1.96. The van der Waals surface area contributed by atoms with E-state index in [1.54, 1.807) is 12.1 Å². The maximum absolute atomic E-state index is 13.1. The molecule has 1 fully saturated rings. The highest BCUT2D eigenvalue weighted by Crippen LogP contribution is 2.46. The zero-order valence-corrected chi connectivity index (χ0v) is 15.2. The number of aromatic nitrogens is 1. The molecule has 2 atom stereocenters. The summed E-state index contributed by atoms with van der Waals surface area (Å²) >= 11 is 6.30. The summed E-state index contributed by atoms with van der Waals surface area (Å²) < 4.78 is 15.3. The maximum atomic E-state index is 13.1. The SMILES string of the molecule is CN1C2CCC1c1c(n(C#Cc3ccc(F)cc3)c3ccc(Cl)cc13)C2. The van der Waals surface area contributed by atoms with Gasteiger partial charge in [-0.3, -0.25) is 9.47 Å². The minimum Gasteiger partial charge on any atom is -0.296 e. The lowest BCUT2D eigenvalue weighted by Gasteiger charge is -2.31. The summed E-state index contributed by atoms with van der Waals surface area (Å²) in [4.78, 5) is 2.50. The van der Waals surface area contributed by atoms with Crippen molar-refractivity contribution in [3.05, 3.63) is 70.1 Å². The molecular formula is C22H18ClFN2. The lowest BCUT2D eigenvalue weighted by atomic mass is 9.97. The number of likely N-dealkylation sites (N-methyl/N-ethyl adjacent to an activating group) is 1. The molecule has 4 heteroatoms. The van der Waals surface area contributed by atoms with Crippen LogP contribution in [-0.4, -0.2) is 22.6 Å². The van der Waals surface area contributed by atoms with Gasteiger partial charge in [-0.05, 0) is 73.8 Å². The van der Waals surface area contributed by atoms with E-state index in [4.69, 9.17) is 11.6 Å². The molecule has 0 N–H and O–H groups in total. The predicted octanol–water partition coefficient (Wildman–Crippen LogP) is 4.98. The maximum Gasteiger partial charge on any atom is 0.123 e. The summed E-state index contributed by atoms with van der Waals surface area (Å²) in [7, 11) is 2.23. The number of rotatable bonds is 0. The molecule has 2 aliphatic rings. The van der Waals surface area contributed by atoms with Gasteiger partial charge in [-0.15, -0.1) is 0 Å². The van der Waals surface area contributed by atoms with Gasteiger partial charge in [0.05, 0.1) is 5.52 Å². The highest BCUT2D eigenvalue weighted by Gasteiger charge is 2.40. The molecule has 1 saturated heterocycles. The van der Waals surface area contributed by atoms with Crippen molar-refractivity contribution >= 4 is 22.5 Å². The predicted molar refractivity (Wildman–Crippen MR) is 103 cm³/mol. The Morgan fingerprint density at radius 1 is 1.12 bits per heavy atom. The number of nitrogens with zero attached hydrogens (tertiary/aromatic N) is 2. The van der Waals surface area contributed by atoms with E-state index in [9.17, 15) is 4.39 Å². The third-order valence-corrected chi connectivity index (χ3v) is 6.06. The first-order valence-corrected chi connectivity index (χ1v) is 9.32. The van der Waals surface area contributed by atoms with Gasteiger partial charge in [0.2, 0.25) is 0 Å². The zero-order chi connectivity index (χ0) is 17.8. The van der Waals surface area contributed by atoms with Gasteiger partial charge in [-0.2, -0.15) is 0 Å². The van der Waals surface area contributed by atoms with Crippen LogP contribution >= 0.6 is 11.6 Å². The molecule has 2 unspecified atom stereocenters. The average molecular weight is 365 g/mol. The monoisotopic (exact) mass is 364 g/mol. The fraction of sp³-hybridized carbons (Fsp3) is 0.273. The van der Waals surface area contributed by atoms with Gasteiger partial charge in [0.1, 0.15) is 5.82 Å². The number of halogens is 2. The third kappa shape index (κ3) is 2.37. The lowest BCUT2D eigenvalue weighted by molar-refractivity contribution is 0.223. The van der Waals surface area contributed by atoms with E-state index >= 15 is 0 Å². The average Bonchev–Trinajstić information content (AvgIpc) is 3.04.